The lowest BCUT2D eigenvalue weighted by Gasteiger charge is -2.18. The Kier molecular flexibility index (Phi) is 7.00. The van der Waals surface area contributed by atoms with Gasteiger partial charge in [0.05, 0.1) is 7.11 Å². The molecule has 0 radical (unpaired) electrons. The Morgan fingerprint density at radius 3 is 2.32 bits per heavy atom. The molecule has 0 saturated carbocycles. The number of hydrogen-bond donors (Lipinski definition) is 3. The van der Waals surface area contributed by atoms with Crippen molar-refractivity contribution < 1.29 is 27.4 Å². The molecule has 28 heavy (non-hydrogen) atoms. The average Bonchev–Trinajstić information content (AvgIpc) is 2.65. The van der Waals surface area contributed by atoms with E-state index in [0.717, 1.165) is 18.2 Å². The summed E-state index contributed by atoms with van der Waals surface area (Å²) in [6, 6.07) is 5.72. The normalized spacial score (nSPS) is 11.8. The molecule has 1 amide bonds. The van der Waals surface area contributed by atoms with Crippen LogP contribution in [0, 0.1) is 22.9 Å². The molecule has 0 saturated heterocycles. The molecule has 2 aromatic rings. The van der Waals surface area contributed by atoms with Crippen LogP contribution < -0.4 is 15.8 Å². The first kappa shape index (κ1) is 21.2. The second-order valence-corrected chi connectivity index (χ2v) is 5.77. The summed E-state index contributed by atoms with van der Waals surface area (Å²) >= 11 is 0. The number of carbonyl (C=O) groups is 1. The number of methoxy groups -OCH3 is 1. The Morgan fingerprint density at radius 2 is 1.82 bits per heavy atom. The van der Waals surface area contributed by atoms with Gasteiger partial charge in [0.2, 0.25) is 0 Å². The fourth-order valence-electron chi connectivity index (χ4n) is 2.52. The van der Waals surface area contributed by atoms with Crippen LogP contribution in [0.1, 0.15) is 29.7 Å². The van der Waals surface area contributed by atoms with Crippen molar-refractivity contribution in [3.05, 3.63) is 64.5 Å². The Labute approximate surface area is 160 Å². The first-order valence-electron chi connectivity index (χ1n) is 8.33. The lowest BCUT2D eigenvalue weighted by molar-refractivity contribution is -0.133. The van der Waals surface area contributed by atoms with E-state index < -0.39 is 47.4 Å². The van der Waals surface area contributed by atoms with Crippen molar-refractivity contribution in [1.29, 1.82) is 5.41 Å². The molecule has 150 valence electrons. The van der Waals surface area contributed by atoms with Gasteiger partial charge < -0.3 is 20.5 Å². The van der Waals surface area contributed by atoms with E-state index in [1.165, 1.54) is 19.2 Å². The second-order valence-electron chi connectivity index (χ2n) is 5.77. The molecule has 0 aliphatic carbocycles. The Bertz CT molecular complexity index is 867. The minimum absolute atomic E-state index is 0.0342. The Morgan fingerprint density at radius 1 is 1.18 bits per heavy atom. The predicted octanol–water partition coefficient (Wildman–Crippen LogP) is 2.79. The molecule has 0 heterocycles. The number of benzene rings is 2. The average molecular weight is 395 g/mol. The summed E-state index contributed by atoms with van der Waals surface area (Å²) in [5.41, 5.74) is 4.65. The molecule has 2 aromatic carbocycles. The second kappa shape index (κ2) is 9.23. The highest BCUT2D eigenvalue weighted by atomic mass is 19.1. The van der Waals surface area contributed by atoms with Gasteiger partial charge in [0.25, 0.3) is 5.91 Å². The summed E-state index contributed by atoms with van der Waals surface area (Å²) in [6.45, 7) is 1.25. The number of ether oxygens (including phenoxy) is 2. The zero-order valence-electron chi connectivity index (χ0n) is 15.3. The zero-order valence-corrected chi connectivity index (χ0v) is 15.3. The maximum Gasteiger partial charge on any atom is 0.254 e. The largest absolute Gasteiger partial charge is 0.497 e. The summed E-state index contributed by atoms with van der Waals surface area (Å²) in [7, 11) is 1.38. The van der Waals surface area contributed by atoms with Crippen molar-refractivity contribution in [2.45, 2.75) is 19.6 Å². The van der Waals surface area contributed by atoms with Crippen LogP contribution in [-0.2, 0) is 16.1 Å². The summed E-state index contributed by atoms with van der Waals surface area (Å²) in [6.07, 6.45) is -1.31. The molecule has 4 N–H and O–H groups in total. The Balaban J connectivity index is 2.21. The molecule has 0 spiro atoms. The fraction of sp³-hybridized carbons (Fsp3) is 0.263. The zero-order chi connectivity index (χ0) is 20.8. The minimum atomic E-state index is -1.31. The molecule has 6 nitrogen and oxygen atoms in total. The van der Waals surface area contributed by atoms with Crippen LogP contribution in [0.3, 0.4) is 0 Å². The third kappa shape index (κ3) is 4.80. The summed E-state index contributed by atoms with van der Waals surface area (Å²) in [5.74, 6) is -3.62. The molecule has 1 atom stereocenters. The van der Waals surface area contributed by atoms with Gasteiger partial charge in [-0.25, -0.2) is 13.2 Å². The highest BCUT2D eigenvalue weighted by Gasteiger charge is 2.25. The van der Waals surface area contributed by atoms with Gasteiger partial charge in [0.15, 0.2) is 6.10 Å². The van der Waals surface area contributed by atoms with E-state index in [4.69, 9.17) is 20.6 Å². The number of nitrogens with two attached hydrogens (primary N) is 1. The van der Waals surface area contributed by atoms with Gasteiger partial charge in [0, 0.05) is 35.9 Å². The van der Waals surface area contributed by atoms with Crippen molar-refractivity contribution >= 4 is 11.7 Å². The van der Waals surface area contributed by atoms with Crippen LogP contribution in [0.2, 0.25) is 0 Å². The summed E-state index contributed by atoms with van der Waals surface area (Å²) in [4.78, 5) is 12.5. The van der Waals surface area contributed by atoms with Crippen molar-refractivity contribution in [3.8, 4) is 5.75 Å². The third-order valence-electron chi connectivity index (χ3n) is 3.95. The molecule has 2 rings (SSSR count). The van der Waals surface area contributed by atoms with Gasteiger partial charge in [-0.1, -0.05) is 0 Å². The van der Waals surface area contributed by atoms with Crippen molar-refractivity contribution in [1.82, 2.24) is 5.32 Å². The van der Waals surface area contributed by atoms with E-state index in [-0.39, 0.29) is 23.5 Å². The molecular weight excluding hydrogens is 375 g/mol. The molecule has 9 heteroatoms. The summed E-state index contributed by atoms with van der Waals surface area (Å²) < 4.78 is 52.7. The van der Waals surface area contributed by atoms with Crippen LogP contribution in [0.25, 0.3) is 0 Å². The van der Waals surface area contributed by atoms with Gasteiger partial charge in [-0.05, 0) is 31.2 Å². The SMILES string of the molecule is CCOC(C(=O)NCc1c(F)cc(C(=N)N)cc1F)c1ccc(OC)cc1F. The van der Waals surface area contributed by atoms with Crippen molar-refractivity contribution in [3.63, 3.8) is 0 Å². The van der Waals surface area contributed by atoms with Gasteiger partial charge >= 0.3 is 0 Å². The minimum Gasteiger partial charge on any atom is -0.497 e. The van der Waals surface area contributed by atoms with E-state index in [1.54, 1.807) is 6.92 Å². The van der Waals surface area contributed by atoms with Gasteiger partial charge in [-0.3, -0.25) is 10.2 Å². The standard InChI is InChI=1S/C19H20F3N3O3/c1-3-28-17(12-5-4-11(27-2)8-16(12)22)19(26)25-9-13-14(20)6-10(18(23)24)7-15(13)21/h4-8,17H,3,9H2,1-2H3,(H3,23,24)(H,25,26). The predicted molar refractivity (Wildman–Crippen MR) is 96.5 cm³/mol. The third-order valence-corrected chi connectivity index (χ3v) is 3.95. The van der Waals surface area contributed by atoms with E-state index in [2.05, 4.69) is 5.32 Å². The quantitative estimate of drug-likeness (QED) is 0.473. The summed E-state index contributed by atoms with van der Waals surface area (Å²) in [5, 5.41) is 9.57. The number of rotatable bonds is 8. The van der Waals surface area contributed by atoms with Crippen LogP contribution in [0.5, 0.6) is 5.75 Å². The Hall–Kier alpha value is -3.07. The molecule has 0 fully saturated rings. The lowest BCUT2D eigenvalue weighted by atomic mass is 10.1. The van der Waals surface area contributed by atoms with Gasteiger partial charge in [-0.2, -0.15) is 0 Å². The smallest absolute Gasteiger partial charge is 0.254 e. The van der Waals surface area contributed by atoms with E-state index in [0.29, 0.717) is 0 Å². The molecule has 0 bridgehead atoms. The van der Waals surface area contributed by atoms with Crippen LogP contribution in [-0.4, -0.2) is 25.5 Å². The molecule has 0 aliphatic rings. The van der Waals surface area contributed by atoms with Crippen LogP contribution >= 0.6 is 0 Å². The monoisotopic (exact) mass is 395 g/mol. The fourth-order valence-corrected chi connectivity index (χ4v) is 2.52. The van der Waals surface area contributed by atoms with Crippen LogP contribution in [0.15, 0.2) is 30.3 Å². The topological polar surface area (TPSA) is 97.4 Å². The maximum atomic E-state index is 14.3. The van der Waals surface area contributed by atoms with Crippen molar-refractivity contribution in [2.75, 3.05) is 13.7 Å². The number of nitrogens with one attached hydrogen (secondary N) is 2. The van der Waals surface area contributed by atoms with Gasteiger partial charge in [0.1, 0.15) is 29.0 Å². The lowest BCUT2D eigenvalue weighted by Crippen LogP contribution is -2.31. The number of amides is 1. The van der Waals surface area contributed by atoms with E-state index in [1.807, 2.05) is 0 Å². The molecule has 0 aromatic heterocycles. The highest BCUT2D eigenvalue weighted by molar-refractivity contribution is 5.95. The van der Waals surface area contributed by atoms with Gasteiger partial charge in [-0.15, -0.1) is 0 Å². The highest BCUT2D eigenvalue weighted by Crippen LogP contribution is 2.25. The molecular formula is C19H20F3N3O3. The molecule has 0 aliphatic heterocycles. The van der Waals surface area contributed by atoms with Crippen molar-refractivity contribution in [2.24, 2.45) is 5.73 Å². The number of amidine groups is 1. The van der Waals surface area contributed by atoms with E-state index >= 15 is 0 Å². The van der Waals surface area contributed by atoms with E-state index in [9.17, 15) is 18.0 Å². The number of nitrogen functional groups attached to an aromatic ring is 1. The number of halogens is 3. The number of carbonyl (C=O) groups excluding carboxylic acids is 1. The first-order chi connectivity index (χ1) is 13.3. The maximum absolute atomic E-state index is 14.3. The first-order valence-corrected chi connectivity index (χ1v) is 8.33. The van der Waals surface area contributed by atoms with Crippen LogP contribution in [0.4, 0.5) is 13.2 Å². The number of hydrogen-bond acceptors (Lipinski definition) is 4. The molecule has 1 unspecified atom stereocenters.